The van der Waals surface area contributed by atoms with Crippen molar-refractivity contribution in [2.45, 2.75) is 19.4 Å². The van der Waals surface area contributed by atoms with Crippen LogP contribution in [0.2, 0.25) is 0 Å². The molecule has 0 fully saturated rings. The Labute approximate surface area is 84.9 Å². The summed E-state index contributed by atoms with van der Waals surface area (Å²) in [4.78, 5) is 9.74. The van der Waals surface area contributed by atoms with Crippen LogP contribution in [-0.4, -0.2) is 43.0 Å². The number of rotatable bonds is 3. The first-order valence-corrected chi connectivity index (χ1v) is 4.32. The van der Waals surface area contributed by atoms with Crippen LogP contribution in [0.25, 0.3) is 0 Å². The van der Waals surface area contributed by atoms with Crippen LogP contribution in [0.15, 0.2) is 9.98 Å². The highest BCUT2D eigenvalue weighted by atomic mass is 15.2. The summed E-state index contributed by atoms with van der Waals surface area (Å²) in [6.45, 7) is 4.65. The Morgan fingerprint density at radius 1 is 1.21 bits per heavy atom. The molecule has 0 unspecified atom stereocenters. The van der Waals surface area contributed by atoms with Crippen LogP contribution in [0.4, 0.5) is 0 Å². The van der Waals surface area contributed by atoms with Crippen molar-refractivity contribution in [2.75, 3.05) is 20.6 Å². The van der Waals surface area contributed by atoms with Gasteiger partial charge in [0, 0.05) is 5.54 Å². The molecule has 0 aliphatic heterocycles. The van der Waals surface area contributed by atoms with Gasteiger partial charge in [0.2, 0.25) is 5.96 Å². The molecule has 6 N–H and O–H groups in total. The number of aliphatic imine (C=N–C) groups is 2. The zero-order valence-corrected chi connectivity index (χ0v) is 9.28. The minimum atomic E-state index is -0.0751. The van der Waals surface area contributed by atoms with E-state index >= 15 is 0 Å². The van der Waals surface area contributed by atoms with Crippen LogP contribution in [-0.2, 0) is 0 Å². The van der Waals surface area contributed by atoms with Gasteiger partial charge < -0.3 is 22.1 Å². The third-order valence-corrected chi connectivity index (χ3v) is 2.08. The largest absolute Gasteiger partial charge is 0.370 e. The highest BCUT2D eigenvalue weighted by Crippen LogP contribution is 2.09. The smallest absolute Gasteiger partial charge is 0.218 e. The summed E-state index contributed by atoms with van der Waals surface area (Å²) in [7, 11) is 3.96. The molecular weight excluding hydrogens is 180 g/mol. The second-order valence-corrected chi connectivity index (χ2v) is 3.92. The van der Waals surface area contributed by atoms with Crippen molar-refractivity contribution in [3.05, 3.63) is 0 Å². The van der Waals surface area contributed by atoms with Crippen LogP contribution in [0.3, 0.4) is 0 Å². The van der Waals surface area contributed by atoms with Gasteiger partial charge in [0.25, 0.3) is 0 Å². The Morgan fingerprint density at radius 3 is 2.07 bits per heavy atom. The van der Waals surface area contributed by atoms with Gasteiger partial charge in [-0.1, -0.05) is 0 Å². The van der Waals surface area contributed by atoms with Crippen LogP contribution in [0.1, 0.15) is 13.8 Å². The highest BCUT2D eigenvalue weighted by molar-refractivity contribution is 5.92. The second-order valence-electron chi connectivity index (χ2n) is 3.92. The molecule has 0 radical (unpaired) electrons. The summed E-state index contributed by atoms with van der Waals surface area (Å²) in [5, 5.41) is 0. The maximum absolute atomic E-state index is 5.47. The summed E-state index contributed by atoms with van der Waals surface area (Å²) >= 11 is 0. The first-order chi connectivity index (χ1) is 6.25. The molecular formula is C8H20N6. The molecule has 0 heterocycles. The number of nitrogens with two attached hydrogens (primary N) is 3. The lowest BCUT2D eigenvalue weighted by Crippen LogP contribution is -2.41. The average Bonchev–Trinajstić information content (AvgIpc) is 1.99. The topological polar surface area (TPSA) is 106 Å². The second kappa shape index (κ2) is 4.80. The summed E-state index contributed by atoms with van der Waals surface area (Å²) in [5.74, 6) is 0.0360. The highest BCUT2D eigenvalue weighted by Gasteiger charge is 2.19. The Bertz CT molecular complexity index is 236. The molecule has 0 saturated carbocycles. The number of likely N-dealkylation sites (N-methyl/N-ethyl adjacent to an activating group) is 1. The van der Waals surface area contributed by atoms with Crippen LogP contribution < -0.4 is 17.2 Å². The molecule has 6 heteroatoms. The number of nitrogens with zero attached hydrogens (tertiary/aromatic N) is 3. The molecule has 0 rings (SSSR count). The van der Waals surface area contributed by atoms with E-state index in [1.165, 1.54) is 0 Å². The zero-order chi connectivity index (χ0) is 11.4. The van der Waals surface area contributed by atoms with E-state index in [9.17, 15) is 0 Å². The molecule has 82 valence electrons. The minimum absolute atomic E-state index is 0.0660. The van der Waals surface area contributed by atoms with Crippen molar-refractivity contribution >= 4 is 11.9 Å². The van der Waals surface area contributed by atoms with Gasteiger partial charge in [0.15, 0.2) is 5.96 Å². The minimum Gasteiger partial charge on any atom is -0.370 e. The predicted molar refractivity (Wildman–Crippen MR) is 60.1 cm³/mol. The summed E-state index contributed by atoms with van der Waals surface area (Å²) < 4.78 is 0. The molecule has 0 aromatic carbocycles. The number of hydrogen-bond acceptors (Lipinski definition) is 2. The van der Waals surface area contributed by atoms with Gasteiger partial charge in [-0.15, -0.1) is 0 Å². The van der Waals surface area contributed by atoms with E-state index in [0.29, 0.717) is 6.54 Å². The quantitative estimate of drug-likeness (QED) is 0.398. The molecule has 0 spiro atoms. The van der Waals surface area contributed by atoms with Gasteiger partial charge in [-0.05, 0) is 27.9 Å². The van der Waals surface area contributed by atoms with Crippen LogP contribution >= 0.6 is 0 Å². The standard InChI is InChI=1S/C8H20N6/c1-8(2,14(3)4)5-12-7(11)13-6(9)10/h5H2,1-4H3,(H6,9,10,11,12,13). The van der Waals surface area contributed by atoms with Crippen molar-refractivity contribution in [2.24, 2.45) is 27.2 Å². The fourth-order valence-corrected chi connectivity index (χ4v) is 0.584. The van der Waals surface area contributed by atoms with Crippen molar-refractivity contribution in [3.63, 3.8) is 0 Å². The van der Waals surface area contributed by atoms with Gasteiger partial charge >= 0.3 is 0 Å². The molecule has 0 aliphatic rings. The summed E-state index contributed by atoms with van der Waals surface area (Å²) in [6, 6.07) is 0. The molecule has 0 aromatic rings. The fraction of sp³-hybridized carbons (Fsp3) is 0.750. The van der Waals surface area contributed by atoms with E-state index in [0.717, 1.165) is 0 Å². The van der Waals surface area contributed by atoms with E-state index in [4.69, 9.17) is 17.2 Å². The molecule has 0 saturated heterocycles. The lowest BCUT2D eigenvalue weighted by molar-refractivity contribution is 0.205. The SMILES string of the molecule is CN(C)C(C)(C)CN=C(N)N=C(N)N. The van der Waals surface area contributed by atoms with E-state index in [1.807, 2.05) is 14.1 Å². The Kier molecular flexibility index (Phi) is 4.36. The van der Waals surface area contributed by atoms with E-state index < -0.39 is 0 Å². The molecule has 0 bridgehead atoms. The summed E-state index contributed by atoms with van der Waals surface area (Å²) in [5.41, 5.74) is 15.7. The lowest BCUT2D eigenvalue weighted by atomic mass is 10.1. The van der Waals surface area contributed by atoms with Gasteiger partial charge in [0.1, 0.15) is 0 Å². The number of guanidine groups is 2. The van der Waals surface area contributed by atoms with Crippen LogP contribution in [0.5, 0.6) is 0 Å². The zero-order valence-electron chi connectivity index (χ0n) is 9.28. The number of hydrogen-bond donors (Lipinski definition) is 3. The van der Waals surface area contributed by atoms with E-state index in [-0.39, 0.29) is 17.5 Å². The van der Waals surface area contributed by atoms with Crippen molar-refractivity contribution in [1.82, 2.24) is 4.90 Å². The molecule has 0 amide bonds. The van der Waals surface area contributed by atoms with Crippen molar-refractivity contribution in [1.29, 1.82) is 0 Å². The van der Waals surface area contributed by atoms with Gasteiger partial charge in [-0.25, -0.2) is 4.99 Å². The Balaban J connectivity index is 4.36. The van der Waals surface area contributed by atoms with E-state index in [1.54, 1.807) is 0 Å². The molecule has 6 nitrogen and oxygen atoms in total. The molecule has 0 aromatic heterocycles. The van der Waals surface area contributed by atoms with Crippen molar-refractivity contribution < 1.29 is 0 Å². The van der Waals surface area contributed by atoms with E-state index in [2.05, 4.69) is 28.7 Å². The Morgan fingerprint density at radius 2 is 1.71 bits per heavy atom. The van der Waals surface area contributed by atoms with Gasteiger partial charge in [-0.2, -0.15) is 4.99 Å². The first-order valence-electron chi connectivity index (χ1n) is 4.32. The lowest BCUT2D eigenvalue weighted by Gasteiger charge is -2.30. The predicted octanol–water partition coefficient (Wildman–Crippen LogP) is -1.09. The third-order valence-electron chi connectivity index (χ3n) is 2.08. The third kappa shape index (κ3) is 4.66. The molecule has 0 atom stereocenters. The average molecular weight is 200 g/mol. The van der Waals surface area contributed by atoms with Crippen LogP contribution in [0, 0.1) is 0 Å². The maximum Gasteiger partial charge on any atom is 0.218 e. The van der Waals surface area contributed by atoms with Gasteiger partial charge in [-0.3, -0.25) is 0 Å². The van der Waals surface area contributed by atoms with Crippen molar-refractivity contribution in [3.8, 4) is 0 Å². The maximum atomic E-state index is 5.47. The molecule has 0 aliphatic carbocycles. The summed E-state index contributed by atoms with van der Waals surface area (Å²) in [6.07, 6.45) is 0. The van der Waals surface area contributed by atoms with Gasteiger partial charge in [0.05, 0.1) is 6.54 Å². The first kappa shape index (κ1) is 12.7. The fourth-order valence-electron chi connectivity index (χ4n) is 0.584. The molecule has 14 heavy (non-hydrogen) atoms. The Hall–Kier alpha value is -1.30. The normalized spacial score (nSPS) is 13.1. The monoisotopic (exact) mass is 200 g/mol.